The van der Waals surface area contributed by atoms with Gasteiger partial charge in [-0.15, -0.1) is 0 Å². The number of carbonyl (C=O) groups is 1. The van der Waals surface area contributed by atoms with E-state index in [2.05, 4.69) is 25.8 Å². The Morgan fingerprint density at radius 3 is 2.70 bits per heavy atom. The van der Waals surface area contributed by atoms with Crippen molar-refractivity contribution in [2.24, 2.45) is 4.99 Å². The van der Waals surface area contributed by atoms with Gasteiger partial charge in [-0.25, -0.2) is 0 Å². The predicted molar refractivity (Wildman–Crippen MR) is 93.7 cm³/mol. The first kappa shape index (κ1) is 19.7. The van der Waals surface area contributed by atoms with E-state index < -0.39 is 0 Å². The van der Waals surface area contributed by atoms with Crippen LogP contribution >= 0.6 is 0 Å². The monoisotopic (exact) mass is 327 g/mol. The molecule has 1 amide bonds. The van der Waals surface area contributed by atoms with Crippen molar-refractivity contribution in [3.63, 3.8) is 0 Å². The number of rotatable bonds is 7. The summed E-state index contributed by atoms with van der Waals surface area (Å²) in [5.74, 6) is 0.621. The van der Waals surface area contributed by atoms with Crippen LogP contribution in [0.2, 0.25) is 0 Å². The largest absolute Gasteiger partial charge is 0.383 e. The molecule has 1 aliphatic heterocycles. The van der Waals surface area contributed by atoms with Crippen LogP contribution in [0.25, 0.3) is 0 Å². The molecule has 1 rings (SSSR count). The number of aliphatic imine (C=N–C) groups is 1. The summed E-state index contributed by atoms with van der Waals surface area (Å²) in [6.45, 7) is 9.78. The number of carbonyl (C=O) groups excluding carboxylic acids is 1. The smallest absolute Gasteiger partial charge is 0.239 e. The van der Waals surface area contributed by atoms with Gasteiger partial charge in [-0.3, -0.25) is 14.7 Å². The maximum atomic E-state index is 11.8. The van der Waals surface area contributed by atoms with E-state index in [0.29, 0.717) is 12.0 Å². The molecule has 1 unspecified atom stereocenters. The van der Waals surface area contributed by atoms with E-state index in [9.17, 15) is 4.79 Å². The highest BCUT2D eigenvalue weighted by Gasteiger charge is 2.24. The van der Waals surface area contributed by atoms with Gasteiger partial charge in [0.2, 0.25) is 5.91 Å². The van der Waals surface area contributed by atoms with Crippen LogP contribution in [0.5, 0.6) is 0 Å². The molecule has 23 heavy (non-hydrogen) atoms. The van der Waals surface area contributed by atoms with Gasteiger partial charge in [0, 0.05) is 38.8 Å². The van der Waals surface area contributed by atoms with E-state index in [4.69, 9.17) is 4.74 Å². The molecule has 0 aromatic heterocycles. The van der Waals surface area contributed by atoms with Crippen molar-refractivity contribution >= 4 is 11.9 Å². The summed E-state index contributed by atoms with van der Waals surface area (Å²) in [5, 5.41) is 9.29. The van der Waals surface area contributed by atoms with Crippen molar-refractivity contribution in [1.82, 2.24) is 20.9 Å². The van der Waals surface area contributed by atoms with Crippen molar-refractivity contribution in [2.45, 2.75) is 45.2 Å². The van der Waals surface area contributed by atoms with E-state index in [1.807, 2.05) is 20.8 Å². The number of guanidine groups is 1. The molecule has 7 nitrogen and oxygen atoms in total. The second kappa shape index (κ2) is 9.72. The van der Waals surface area contributed by atoms with Crippen molar-refractivity contribution in [1.29, 1.82) is 0 Å². The Bertz CT molecular complexity index is 392. The number of hydrogen-bond donors (Lipinski definition) is 3. The Labute approximate surface area is 140 Å². The van der Waals surface area contributed by atoms with E-state index in [0.717, 1.165) is 26.2 Å². The first-order valence-electron chi connectivity index (χ1n) is 8.34. The van der Waals surface area contributed by atoms with Crippen LogP contribution < -0.4 is 16.0 Å². The summed E-state index contributed by atoms with van der Waals surface area (Å²) >= 11 is 0. The van der Waals surface area contributed by atoms with E-state index >= 15 is 0 Å². The number of likely N-dealkylation sites (tertiary alicyclic amines) is 1. The molecule has 0 aliphatic carbocycles. The van der Waals surface area contributed by atoms with Crippen LogP contribution in [-0.4, -0.2) is 75.3 Å². The summed E-state index contributed by atoms with van der Waals surface area (Å²) in [6.07, 6.45) is 2.40. The molecule has 134 valence electrons. The number of nitrogens with one attached hydrogen (secondary N) is 3. The minimum Gasteiger partial charge on any atom is -0.383 e. The number of hydrogen-bond acceptors (Lipinski definition) is 4. The Balaban J connectivity index is 2.32. The van der Waals surface area contributed by atoms with E-state index in [1.165, 1.54) is 12.8 Å². The predicted octanol–water partition coefficient (Wildman–Crippen LogP) is 0.177. The van der Waals surface area contributed by atoms with Crippen molar-refractivity contribution in [3.05, 3.63) is 0 Å². The van der Waals surface area contributed by atoms with Gasteiger partial charge in [-0.2, -0.15) is 0 Å². The second-order valence-corrected chi connectivity index (χ2v) is 6.93. The molecule has 3 N–H and O–H groups in total. The lowest BCUT2D eigenvalue weighted by Crippen LogP contribution is -2.50. The minimum atomic E-state index is -0.221. The molecule has 0 aromatic rings. The number of amides is 1. The van der Waals surface area contributed by atoms with Crippen LogP contribution in [0.1, 0.15) is 33.6 Å². The number of methoxy groups -OCH3 is 1. The van der Waals surface area contributed by atoms with Gasteiger partial charge in [0.15, 0.2) is 5.96 Å². The minimum absolute atomic E-state index is 0.0389. The molecule has 1 heterocycles. The van der Waals surface area contributed by atoms with Gasteiger partial charge in [0.1, 0.15) is 0 Å². The molecule has 0 spiro atoms. The van der Waals surface area contributed by atoms with E-state index in [1.54, 1.807) is 14.2 Å². The lowest BCUT2D eigenvalue weighted by molar-refractivity contribution is -0.121. The third-order valence-corrected chi connectivity index (χ3v) is 3.74. The molecule has 1 aliphatic rings. The normalized spacial score (nSPS) is 19.7. The average molecular weight is 327 g/mol. The van der Waals surface area contributed by atoms with Gasteiger partial charge in [-0.05, 0) is 40.2 Å². The van der Waals surface area contributed by atoms with Gasteiger partial charge in [-0.1, -0.05) is 0 Å². The maximum absolute atomic E-state index is 11.8. The zero-order chi connectivity index (χ0) is 17.3. The third kappa shape index (κ3) is 8.18. The molecule has 1 saturated heterocycles. The van der Waals surface area contributed by atoms with Crippen LogP contribution in [0.3, 0.4) is 0 Å². The van der Waals surface area contributed by atoms with E-state index in [-0.39, 0.29) is 18.0 Å². The first-order chi connectivity index (χ1) is 10.9. The summed E-state index contributed by atoms with van der Waals surface area (Å²) in [4.78, 5) is 18.4. The maximum Gasteiger partial charge on any atom is 0.239 e. The van der Waals surface area contributed by atoms with Crippen molar-refractivity contribution in [3.8, 4) is 0 Å². The third-order valence-electron chi connectivity index (χ3n) is 3.74. The summed E-state index contributed by atoms with van der Waals surface area (Å²) in [6, 6.07) is 0.493. The highest BCUT2D eigenvalue weighted by atomic mass is 16.5. The molecular weight excluding hydrogens is 294 g/mol. The molecule has 0 radical (unpaired) electrons. The highest BCUT2D eigenvalue weighted by Crippen LogP contribution is 2.15. The Kier molecular flexibility index (Phi) is 8.33. The standard InChI is InChI=1S/C16H33N5O2/c1-16(2,3)20-14(22)12-19-15(17-4)18-11-13-7-6-8-21(13)9-10-23-5/h13H,6-12H2,1-5H3,(H,20,22)(H2,17,18,19). The lowest BCUT2D eigenvalue weighted by atomic mass is 10.1. The zero-order valence-electron chi connectivity index (χ0n) is 15.2. The van der Waals surface area contributed by atoms with Crippen LogP contribution in [0.15, 0.2) is 4.99 Å². The fraction of sp³-hybridized carbons (Fsp3) is 0.875. The fourth-order valence-corrected chi connectivity index (χ4v) is 2.69. The molecule has 0 aromatic carbocycles. The summed E-state index contributed by atoms with van der Waals surface area (Å²) in [7, 11) is 3.45. The molecule has 1 atom stereocenters. The van der Waals surface area contributed by atoms with Crippen LogP contribution in [0.4, 0.5) is 0 Å². The van der Waals surface area contributed by atoms with Crippen molar-refractivity contribution < 1.29 is 9.53 Å². The molecule has 7 heteroatoms. The zero-order valence-corrected chi connectivity index (χ0v) is 15.2. The Morgan fingerprint density at radius 1 is 1.35 bits per heavy atom. The Hall–Kier alpha value is -1.34. The molecule has 0 saturated carbocycles. The highest BCUT2D eigenvalue weighted by molar-refractivity contribution is 5.86. The van der Waals surface area contributed by atoms with Gasteiger partial charge < -0.3 is 20.7 Å². The van der Waals surface area contributed by atoms with Gasteiger partial charge >= 0.3 is 0 Å². The average Bonchev–Trinajstić information content (AvgIpc) is 2.91. The summed E-state index contributed by atoms with van der Waals surface area (Å²) < 4.78 is 5.16. The van der Waals surface area contributed by atoms with Gasteiger partial charge in [0.05, 0.1) is 13.2 Å². The number of nitrogens with zero attached hydrogens (tertiary/aromatic N) is 2. The van der Waals surface area contributed by atoms with Crippen LogP contribution in [0, 0.1) is 0 Å². The van der Waals surface area contributed by atoms with Crippen LogP contribution in [-0.2, 0) is 9.53 Å². The SMILES string of the molecule is CN=C(NCC(=O)NC(C)(C)C)NCC1CCCN1CCOC. The quantitative estimate of drug-likeness (QED) is 0.459. The Morgan fingerprint density at radius 2 is 2.09 bits per heavy atom. The molecule has 0 bridgehead atoms. The molecule has 1 fully saturated rings. The van der Waals surface area contributed by atoms with Gasteiger partial charge in [0.25, 0.3) is 0 Å². The fourth-order valence-electron chi connectivity index (χ4n) is 2.69. The lowest BCUT2D eigenvalue weighted by Gasteiger charge is -2.25. The topological polar surface area (TPSA) is 78.0 Å². The van der Waals surface area contributed by atoms with Crippen molar-refractivity contribution in [2.75, 3.05) is 46.9 Å². The number of ether oxygens (including phenoxy) is 1. The summed E-state index contributed by atoms with van der Waals surface area (Å²) in [5.41, 5.74) is -0.221. The first-order valence-corrected chi connectivity index (χ1v) is 8.34. The second-order valence-electron chi connectivity index (χ2n) is 6.93. The molecular formula is C16H33N5O2.